The molecule has 0 spiro atoms. The second-order valence-corrected chi connectivity index (χ2v) is 5.46. The van der Waals surface area contributed by atoms with E-state index in [1.165, 1.54) is 36.5 Å². The maximum Gasteiger partial charge on any atom is 0.335 e. The molecule has 0 radical (unpaired) electrons. The van der Waals surface area contributed by atoms with Crippen LogP contribution in [0.5, 0.6) is 0 Å². The minimum atomic E-state index is -1.06. The average molecular weight is 303 g/mol. The summed E-state index contributed by atoms with van der Waals surface area (Å²) in [5.41, 5.74) is 1.79. The van der Waals surface area contributed by atoms with E-state index in [0.29, 0.717) is 16.1 Å². The van der Waals surface area contributed by atoms with Crippen LogP contribution in [0.4, 0.5) is 5.69 Å². The van der Waals surface area contributed by atoms with Crippen LogP contribution >= 0.6 is 11.3 Å². The Morgan fingerprint density at radius 2 is 1.86 bits per heavy atom. The van der Waals surface area contributed by atoms with Crippen LogP contribution in [0.1, 0.15) is 42.9 Å². The lowest BCUT2D eigenvalue weighted by Gasteiger charge is -2.08. The van der Waals surface area contributed by atoms with Crippen LogP contribution in [0.25, 0.3) is 0 Å². The number of carboxylic acid groups (broad SMARTS) is 1. The molecule has 0 aliphatic rings. The zero-order chi connectivity index (χ0) is 15.6. The van der Waals surface area contributed by atoms with E-state index in [-0.39, 0.29) is 17.3 Å². The molecule has 0 unspecified atom stereocenters. The Kier molecular flexibility index (Phi) is 4.18. The van der Waals surface area contributed by atoms with E-state index in [1.807, 2.05) is 0 Å². The fourth-order valence-electron chi connectivity index (χ4n) is 1.71. The third kappa shape index (κ3) is 3.35. The molecule has 1 aromatic heterocycles. The summed E-state index contributed by atoms with van der Waals surface area (Å²) < 4.78 is 0. The van der Waals surface area contributed by atoms with Crippen molar-refractivity contribution in [3.05, 3.63) is 51.2 Å². The summed E-state index contributed by atoms with van der Waals surface area (Å²) in [7, 11) is 0. The Balaban J connectivity index is 2.24. The van der Waals surface area contributed by atoms with Crippen LogP contribution in [0, 0.1) is 6.92 Å². The SMILES string of the molecule is CC(=O)c1csc(C(=O)Nc2cc(C(=O)O)ccc2C)c1. The van der Waals surface area contributed by atoms with Gasteiger partial charge in [0.25, 0.3) is 5.91 Å². The topological polar surface area (TPSA) is 83.5 Å². The number of aromatic carboxylic acids is 1. The lowest BCUT2D eigenvalue weighted by atomic mass is 10.1. The van der Waals surface area contributed by atoms with Gasteiger partial charge < -0.3 is 10.4 Å². The maximum absolute atomic E-state index is 12.1. The number of hydrogen-bond acceptors (Lipinski definition) is 4. The first kappa shape index (κ1) is 14.9. The highest BCUT2D eigenvalue weighted by Gasteiger charge is 2.13. The summed E-state index contributed by atoms with van der Waals surface area (Å²) in [4.78, 5) is 34.7. The van der Waals surface area contributed by atoms with E-state index in [4.69, 9.17) is 5.11 Å². The molecule has 2 N–H and O–H groups in total. The van der Waals surface area contributed by atoms with Gasteiger partial charge in [0.15, 0.2) is 5.78 Å². The molecule has 108 valence electrons. The second kappa shape index (κ2) is 5.88. The number of nitrogens with one attached hydrogen (secondary N) is 1. The quantitative estimate of drug-likeness (QED) is 0.849. The lowest BCUT2D eigenvalue weighted by molar-refractivity contribution is 0.0696. The van der Waals surface area contributed by atoms with Crippen molar-refractivity contribution in [2.24, 2.45) is 0 Å². The molecule has 0 aliphatic heterocycles. The van der Waals surface area contributed by atoms with Crippen LogP contribution < -0.4 is 5.32 Å². The molecule has 0 aliphatic carbocycles. The number of thiophene rings is 1. The first-order chi connectivity index (χ1) is 9.88. The molecule has 2 rings (SSSR count). The van der Waals surface area contributed by atoms with Crippen molar-refractivity contribution < 1.29 is 19.5 Å². The molecule has 0 fully saturated rings. The van der Waals surface area contributed by atoms with E-state index in [1.54, 1.807) is 18.4 Å². The molecule has 1 heterocycles. The summed E-state index contributed by atoms with van der Waals surface area (Å²) >= 11 is 1.17. The molecule has 0 saturated heterocycles. The standard InChI is InChI=1S/C15H13NO4S/c1-8-3-4-10(15(19)20)5-12(8)16-14(18)13-6-11(7-21-13)9(2)17/h3-7H,1-2H3,(H,16,18)(H,19,20). The number of carbonyl (C=O) groups excluding carboxylic acids is 2. The molecular formula is C15H13NO4S. The molecule has 0 saturated carbocycles. The number of benzene rings is 1. The van der Waals surface area contributed by atoms with Gasteiger partial charge in [0, 0.05) is 16.6 Å². The van der Waals surface area contributed by atoms with Crippen molar-refractivity contribution in [3.63, 3.8) is 0 Å². The summed E-state index contributed by atoms with van der Waals surface area (Å²) in [6, 6.07) is 6.05. The van der Waals surface area contributed by atoms with E-state index in [9.17, 15) is 14.4 Å². The van der Waals surface area contributed by atoms with Crippen LogP contribution in [0.3, 0.4) is 0 Å². The summed E-state index contributed by atoms with van der Waals surface area (Å²) in [5.74, 6) is -1.52. The highest BCUT2D eigenvalue weighted by molar-refractivity contribution is 7.12. The molecule has 21 heavy (non-hydrogen) atoms. The highest BCUT2D eigenvalue weighted by atomic mass is 32.1. The van der Waals surface area contributed by atoms with Crippen molar-refractivity contribution in [1.29, 1.82) is 0 Å². The Labute approximate surface area is 125 Å². The lowest BCUT2D eigenvalue weighted by Crippen LogP contribution is -2.12. The number of carboxylic acids is 1. The van der Waals surface area contributed by atoms with Crippen molar-refractivity contribution in [2.75, 3.05) is 5.32 Å². The Morgan fingerprint density at radius 1 is 1.14 bits per heavy atom. The van der Waals surface area contributed by atoms with E-state index in [2.05, 4.69) is 5.32 Å². The molecular weight excluding hydrogens is 290 g/mol. The monoisotopic (exact) mass is 303 g/mol. The normalized spacial score (nSPS) is 10.2. The number of hydrogen-bond donors (Lipinski definition) is 2. The van der Waals surface area contributed by atoms with E-state index >= 15 is 0 Å². The third-order valence-corrected chi connectivity index (χ3v) is 3.89. The minimum absolute atomic E-state index is 0.102. The minimum Gasteiger partial charge on any atom is -0.478 e. The number of carbonyl (C=O) groups is 3. The summed E-state index contributed by atoms with van der Waals surface area (Å²) in [5, 5.41) is 13.3. The average Bonchev–Trinajstić information content (AvgIpc) is 2.90. The van der Waals surface area contributed by atoms with Crippen molar-refractivity contribution in [3.8, 4) is 0 Å². The van der Waals surface area contributed by atoms with Crippen molar-refractivity contribution in [1.82, 2.24) is 0 Å². The van der Waals surface area contributed by atoms with Gasteiger partial charge in [-0.2, -0.15) is 0 Å². The van der Waals surface area contributed by atoms with Crippen molar-refractivity contribution in [2.45, 2.75) is 13.8 Å². The van der Waals surface area contributed by atoms with Gasteiger partial charge in [-0.05, 0) is 37.6 Å². The Morgan fingerprint density at radius 3 is 2.43 bits per heavy atom. The van der Waals surface area contributed by atoms with Crippen LogP contribution in [-0.4, -0.2) is 22.8 Å². The Bertz CT molecular complexity index is 733. The first-order valence-electron chi connectivity index (χ1n) is 6.13. The number of rotatable bonds is 4. The fourth-order valence-corrected chi connectivity index (χ4v) is 2.55. The molecule has 1 aromatic carbocycles. The fraction of sp³-hybridized carbons (Fsp3) is 0.133. The summed E-state index contributed by atoms with van der Waals surface area (Å²) in [6.07, 6.45) is 0. The van der Waals surface area contributed by atoms with Crippen molar-refractivity contribution >= 4 is 34.7 Å². The zero-order valence-electron chi connectivity index (χ0n) is 11.5. The number of anilines is 1. The van der Waals surface area contributed by atoms with Crippen LogP contribution in [-0.2, 0) is 0 Å². The van der Waals surface area contributed by atoms with Gasteiger partial charge in [0.1, 0.15) is 0 Å². The number of Topliss-reactive ketones (excluding diaryl/α,β-unsaturated/α-hetero) is 1. The van der Waals surface area contributed by atoms with E-state index in [0.717, 1.165) is 5.56 Å². The van der Waals surface area contributed by atoms with Crippen LogP contribution in [0.2, 0.25) is 0 Å². The largest absolute Gasteiger partial charge is 0.478 e. The summed E-state index contributed by atoms with van der Waals surface area (Å²) in [6.45, 7) is 3.21. The van der Waals surface area contributed by atoms with Gasteiger partial charge in [-0.25, -0.2) is 4.79 Å². The molecule has 5 nitrogen and oxygen atoms in total. The molecule has 0 atom stereocenters. The maximum atomic E-state index is 12.1. The molecule has 6 heteroatoms. The predicted molar refractivity (Wildman–Crippen MR) is 80.4 cm³/mol. The van der Waals surface area contributed by atoms with Gasteiger partial charge in [-0.15, -0.1) is 11.3 Å². The molecule has 2 aromatic rings. The van der Waals surface area contributed by atoms with Gasteiger partial charge in [-0.3, -0.25) is 9.59 Å². The number of aryl methyl sites for hydroxylation is 1. The predicted octanol–water partition coefficient (Wildman–Crippen LogP) is 3.21. The van der Waals surface area contributed by atoms with Gasteiger partial charge in [0.05, 0.1) is 10.4 Å². The van der Waals surface area contributed by atoms with Gasteiger partial charge in [-0.1, -0.05) is 6.07 Å². The third-order valence-electron chi connectivity index (χ3n) is 2.96. The van der Waals surface area contributed by atoms with Gasteiger partial charge in [0.2, 0.25) is 0 Å². The first-order valence-corrected chi connectivity index (χ1v) is 7.01. The van der Waals surface area contributed by atoms with E-state index < -0.39 is 5.97 Å². The highest BCUT2D eigenvalue weighted by Crippen LogP contribution is 2.21. The Hall–Kier alpha value is -2.47. The number of ketones is 1. The molecule has 1 amide bonds. The van der Waals surface area contributed by atoms with Gasteiger partial charge >= 0.3 is 5.97 Å². The number of amides is 1. The zero-order valence-corrected chi connectivity index (χ0v) is 12.3. The van der Waals surface area contributed by atoms with Crippen LogP contribution in [0.15, 0.2) is 29.6 Å². The smallest absolute Gasteiger partial charge is 0.335 e. The molecule has 0 bridgehead atoms. The second-order valence-electron chi connectivity index (χ2n) is 4.54.